The minimum absolute atomic E-state index is 0. The smallest absolute Gasteiger partial charge is 0.248 e. The van der Waals surface area contributed by atoms with Gasteiger partial charge in [-0.1, -0.05) is 113 Å². The predicted octanol–water partition coefficient (Wildman–Crippen LogP) is 10.7. The molecule has 0 aliphatic carbocycles. The van der Waals surface area contributed by atoms with Gasteiger partial charge in [-0.3, -0.25) is 9.59 Å². The highest BCUT2D eigenvalue weighted by Crippen LogP contribution is 2.18. The van der Waals surface area contributed by atoms with Gasteiger partial charge in [0.2, 0.25) is 11.8 Å². The lowest BCUT2D eigenvalue weighted by Crippen LogP contribution is -2.22. The van der Waals surface area contributed by atoms with E-state index in [1.165, 1.54) is 87.2 Å². The molecule has 0 aliphatic heterocycles. The predicted molar refractivity (Wildman–Crippen MR) is 195 cm³/mol. The number of carbonyl (C=O) groups is 2. The van der Waals surface area contributed by atoms with Crippen LogP contribution < -0.4 is 5.73 Å². The number of primary amides is 1. The summed E-state index contributed by atoms with van der Waals surface area (Å²) in [7, 11) is 3.56. The van der Waals surface area contributed by atoms with Gasteiger partial charge in [-0.05, 0) is 78.1 Å². The third-order valence-electron chi connectivity index (χ3n) is 6.45. The number of hydrogen-bond donors (Lipinski definition) is 1. The van der Waals surface area contributed by atoms with Crippen LogP contribution >= 0.6 is 23.5 Å². The number of rotatable bonds is 20. The van der Waals surface area contributed by atoms with Crippen LogP contribution in [-0.4, -0.2) is 53.8 Å². The molecule has 0 heterocycles. The molecule has 0 radical (unpaired) electrons. The standard InChI is InChI=1S/C18H38S2.C10H13NO.C7H15NO.CH4/c1-4-14-19-15-11-9-7-5-6-8-10-12-16-20-17-13-18(2)3;1-7(2)8-5-3-4-6-9(8)10(11)12;1-6(2)5-7(9)8(3)4;/h18H,4-17H2,1-3H3;3-7H,1-2H3,(H2,11,12);6H,5H2,1-4H3;1H4. The van der Waals surface area contributed by atoms with Gasteiger partial charge >= 0.3 is 0 Å². The zero-order valence-electron chi connectivity index (χ0n) is 28.3. The Balaban J connectivity index is -0.000000587. The van der Waals surface area contributed by atoms with Crippen LogP contribution in [0.1, 0.15) is 148 Å². The molecule has 2 amide bonds. The van der Waals surface area contributed by atoms with Crippen LogP contribution in [0.15, 0.2) is 24.3 Å². The molecular weight excluding hydrogens is 557 g/mol. The maximum Gasteiger partial charge on any atom is 0.248 e. The van der Waals surface area contributed by atoms with E-state index >= 15 is 0 Å². The molecule has 0 bridgehead atoms. The molecule has 0 fully saturated rings. The quantitative estimate of drug-likeness (QED) is 0.146. The Morgan fingerprint density at radius 3 is 1.57 bits per heavy atom. The SMILES string of the molecule is C.CC(C)CC(=O)N(C)C.CC(C)c1ccccc1C(N)=O.CCCSCCCCCCCCCCSCCC(C)C. The Hall–Kier alpha value is -1.14. The zero-order valence-corrected chi connectivity index (χ0v) is 29.9. The van der Waals surface area contributed by atoms with Crippen molar-refractivity contribution in [1.82, 2.24) is 4.90 Å². The van der Waals surface area contributed by atoms with Crippen molar-refractivity contribution in [2.75, 3.05) is 37.1 Å². The molecule has 1 aromatic carbocycles. The van der Waals surface area contributed by atoms with Gasteiger partial charge in [0.1, 0.15) is 0 Å². The molecule has 0 saturated carbocycles. The van der Waals surface area contributed by atoms with Gasteiger partial charge < -0.3 is 10.6 Å². The van der Waals surface area contributed by atoms with Crippen molar-refractivity contribution in [1.29, 1.82) is 0 Å². The third kappa shape index (κ3) is 30.3. The van der Waals surface area contributed by atoms with E-state index < -0.39 is 0 Å². The Morgan fingerprint density at radius 1 is 0.738 bits per heavy atom. The van der Waals surface area contributed by atoms with Gasteiger partial charge in [-0.15, -0.1) is 0 Å². The minimum atomic E-state index is -0.348. The van der Waals surface area contributed by atoms with E-state index in [-0.39, 0.29) is 19.2 Å². The van der Waals surface area contributed by atoms with E-state index in [1.54, 1.807) is 25.1 Å². The monoisotopic (exact) mass is 626 g/mol. The molecule has 0 spiro atoms. The largest absolute Gasteiger partial charge is 0.366 e. The van der Waals surface area contributed by atoms with Crippen molar-refractivity contribution in [3.63, 3.8) is 0 Å². The molecule has 4 nitrogen and oxygen atoms in total. The van der Waals surface area contributed by atoms with Crippen LogP contribution in [0.5, 0.6) is 0 Å². The number of unbranched alkanes of at least 4 members (excludes halogenated alkanes) is 7. The number of nitrogens with zero attached hydrogens (tertiary/aromatic N) is 1. The Bertz CT molecular complexity index is 752. The molecule has 42 heavy (non-hydrogen) atoms. The fourth-order valence-corrected chi connectivity index (χ4v) is 6.04. The fraction of sp³-hybridized carbons (Fsp3) is 0.778. The van der Waals surface area contributed by atoms with E-state index in [0.717, 1.165) is 11.5 Å². The molecule has 0 aromatic heterocycles. The lowest BCUT2D eigenvalue weighted by atomic mass is 9.97. The summed E-state index contributed by atoms with van der Waals surface area (Å²) in [6.45, 7) is 15.1. The molecular formula is C36H70N2O2S2. The number of hydrogen-bond acceptors (Lipinski definition) is 4. The van der Waals surface area contributed by atoms with Gasteiger partial charge in [-0.2, -0.15) is 23.5 Å². The first-order valence-electron chi connectivity index (χ1n) is 16.2. The minimum Gasteiger partial charge on any atom is -0.366 e. The lowest BCUT2D eigenvalue weighted by Gasteiger charge is -2.10. The molecule has 0 atom stereocenters. The Labute approximate surface area is 271 Å². The molecule has 0 saturated heterocycles. The Kier molecular flexibility index (Phi) is 33.7. The molecule has 6 heteroatoms. The molecule has 2 N–H and O–H groups in total. The average molecular weight is 627 g/mol. The second kappa shape index (κ2) is 31.3. The van der Waals surface area contributed by atoms with E-state index in [0.29, 0.717) is 23.8 Å². The topological polar surface area (TPSA) is 63.4 Å². The summed E-state index contributed by atoms with van der Waals surface area (Å²) in [6.07, 6.45) is 15.1. The normalized spacial score (nSPS) is 10.5. The van der Waals surface area contributed by atoms with Crippen LogP contribution in [0.25, 0.3) is 0 Å². The lowest BCUT2D eigenvalue weighted by molar-refractivity contribution is -0.129. The Morgan fingerprint density at radius 2 is 1.21 bits per heavy atom. The van der Waals surface area contributed by atoms with Gasteiger partial charge in [0.05, 0.1) is 0 Å². The molecule has 248 valence electrons. The van der Waals surface area contributed by atoms with E-state index in [1.807, 2.05) is 45.9 Å². The van der Waals surface area contributed by atoms with Crippen molar-refractivity contribution < 1.29 is 9.59 Å². The first-order valence-corrected chi connectivity index (χ1v) is 18.5. The summed E-state index contributed by atoms with van der Waals surface area (Å²) >= 11 is 4.29. The van der Waals surface area contributed by atoms with E-state index in [4.69, 9.17) is 5.73 Å². The van der Waals surface area contributed by atoms with Crippen LogP contribution in [0.4, 0.5) is 0 Å². The van der Waals surface area contributed by atoms with Crippen LogP contribution in [0.3, 0.4) is 0 Å². The van der Waals surface area contributed by atoms with E-state index in [9.17, 15) is 9.59 Å². The molecule has 1 aromatic rings. The van der Waals surface area contributed by atoms with Crippen LogP contribution in [-0.2, 0) is 4.79 Å². The van der Waals surface area contributed by atoms with Crippen LogP contribution in [0, 0.1) is 11.8 Å². The highest BCUT2D eigenvalue weighted by atomic mass is 32.2. The maximum atomic E-state index is 10.9. The van der Waals surface area contributed by atoms with Crippen molar-refractivity contribution in [2.24, 2.45) is 17.6 Å². The summed E-state index contributed by atoms with van der Waals surface area (Å²) in [4.78, 5) is 23.5. The van der Waals surface area contributed by atoms with Gasteiger partial charge in [-0.25, -0.2) is 0 Å². The van der Waals surface area contributed by atoms with Gasteiger partial charge in [0.15, 0.2) is 0 Å². The van der Waals surface area contributed by atoms with Crippen molar-refractivity contribution in [2.45, 2.75) is 132 Å². The summed E-state index contributed by atoms with van der Waals surface area (Å²) in [6, 6.07) is 7.44. The summed E-state index contributed by atoms with van der Waals surface area (Å²) < 4.78 is 0. The second-order valence-electron chi connectivity index (χ2n) is 12.2. The number of nitrogens with two attached hydrogens (primary N) is 1. The van der Waals surface area contributed by atoms with Crippen molar-refractivity contribution in [3.05, 3.63) is 35.4 Å². The highest BCUT2D eigenvalue weighted by molar-refractivity contribution is 7.99. The highest BCUT2D eigenvalue weighted by Gasteiger charge is 2.09. The number of thioether (sulfide) groups is 2. The van der Waals surface area contributed by atoms with Gasteiger partial charge in [0.25, 0.3) is 0 Å². The summed E-state index contributed by atoms with van der Waals surface area (Å²) in [5, 5.41) is 0. The third-order valence-corrected chi connectivity index (χ3v) is 8.82. The zero-order chi connectivity index (χ0) is 31.5. The van der Waals surface area contributed by atoms with Crippen molar-refractivity contribution in [3.8, 4) is 0 Å². The molecule has 1 rings (SSSR count). The fourth-order valence-electron chi connectivity index (χ4n) is 3.89. The maximum absolute atomic E-state index is 10.9. The van der Waals surface area contributed by atoms with Gasteiger partial charge in [0, 0.05) is 26.1 Å². The summed E-state index contributed by atoms with van der Waals surface area (Å²) in [5.74, 6) is 7.06. The number of carbonyl (C=O) groups excluding carboxylic acids is 2. The molecule has 0 unspecified atom stereocenters. The first-order chi connectivity index (χ1) is 19.4. The molecule has 0 aliphatic rings. The number of benzene rings is 1. The summed E-state index contributed by atoms with van der Waals surface area (Å²) in [5.41, 5.74) is 6.86. The number of amides is 2. The van der Waals surface area contributed by atoms with Crippen molar-refractivity contribution >= 4 is 35.3 Å². The average Bonchev–Trinajstić information content (AvgIpc) is 2.91. The first kappa shape index (κ1) is 45.3. The van der Waals surface area contributed by atoms with E-state index in [2.05, 4.69) is 44.3 Å². The second-order valence-corrected chi connectivity index (χ2v) is 14.7. The van der Waals surface area contributed by atoms with Crippen LogP contribution in [0.2, 0.25) is 0 Å².